The van der Waals surface area contributed by atoms with Crippen molar-refractivity contribution < 1.29 is 8.78 Å². The highest BCUT2D eigenvalue weighted by atomic mass is 79.9. The molecule has 0 bridgehead atoms. The van der Waals surface area contributed by atoms with Gasteiger partial charge in [-0.15, -0.1) is 0 Å². The minimum absolute atomic E-state index is 0.0820. The summed E-state index contributed by atoms with van der Waals surface area (Å²) >= 11 is 3.06. The van der Waals surface area contributed by atoms with Crippen molar-refractivity contribution >= 4 is 15.9 Å². The van der Waals surface area contributed by atoms with Crippen LogP contribution in [0.1, 0.15) is 30.8 Å². The van der Waals surface area contributed by atoms with Gasteiger partial charge in [0.2, 0.25) is 0 Å². The molecule has 0 aliphatic heterocycles. The summed E-state index contributed by atoms with van der Waals surface area (Å²) in [7, 11) is 0. The molecule has 1 heterocycles. The highest BCUT2D eigenvalue weighted by Crippen LogP contribution is 2.28. The Kier molecular flexibility index (Phi) is 4.88. The molecule has 0 saturated carbocycles. The Morgan fingerprint density at radius 2 is 2.15 bits per heavy atom. The third kappa shape index (κ3) is 3.07. The Morgan fingerprint density at radius 3 is 2.85 bits per heavy atom. The van der Waals surface area contributed by atoms with Gasteiger partial charge >= 0.3 is 0 Å². The summed E-state index contributed by atoms with van der Waals surface area (Å²) in [5, 5.41) is 0. The molecule has 0 aliphatic carbocycles. The maximum absolute atomic E-state index is 13.5. The van der Waals surface area contributed by atoms with E-state index in [1.54, 1.807) is 6.20 Å². The number of halogens is 3. The SMILES string of the molecule is CCCn1ccnc1CC(N)c1ccc(F)c(F)c1Br. The van der Waals surface area contributed by atoms with Gasteiger partial charge in [0, 0.05) is 31.4 Å². The summed E-state index contributed by atoms with van der Waals surface area (Å²) < 4.78 is 28.7. The molecule has 1 atom stereocenters. The van der Waals surface area contributed by atoms with E-state index < -0.39 is 17.7 Å². The fourth-order valence-corrected chi connectivity index (χ4v) is 2.72. The first-order valence-corrected chi connectivity index (χ1v) is 7.22. The molecule has 108 valence electrons. The minimum Gasteiger partial charge on any atom is -0.335 e. The third-order valence-corrected chi connectivity index (χ3v) is 3.94. The lowest BCUT2D eigenvalue weighted by Gasteiger charge is -2.15. The fraction of sp³-hybridized carbons (Fsp3) is 0.357. The van der Waals surface area contributed by atoms with Crippen LogP contribution in [0.5, 0.6) is 0 Å². The number of imidazole rings is 1. The van der Waals surface area contributed by atoms with Gasteiger partial charge in [0.1, 0.15) is 5.82 Å². The van der Waals surface area contributed by atoms with Gasteiger partial charge in [-0.05, 0) is 34.0 Å². The van der Waals surface area contributed by atoms with Gasteiger partial charge in [0.15, 0.2) is 11.6 Å². The maximum Gasteiger partial charge on any atom is 0.173 e. The highest BCUT2D eigenvalue weighted by Gasteiger charge is 2.18. The van der Waals surface area contributed by atoms with E-state index >= 15 is 0 Å². The molecule has 2 N–H and O–H groups in total. The van der Waals surface area contributed by atoms with Crippen molar-refractivity contribution in [1.29, 1.82) is 0 Å². The summed E-state index contributed by atoms with van der Waals surface area (Å²) in [6, 6.07) is 2.14. The summed E-state index contributed by atoms with van der Waals surface area (Å²) in [5.41, 5.74) is 6.64. The van der Waals surface area contributed by atoms with Crippen molar-refractivity contribution in [2.24, 2.45) is 5.73 Å². The summed E-state index contributed by atoms with van der Waals surface area (Å²) in [5.74, 6) is -0.953. The molecule has 0 spiro atoms. The zero-order valence-corrected chi connectivity index (χ0v) is 12.7. The number of aromatic nitrogens is 2. The molecule has 0 saturated heterocycles. The third-order valence-electron chi connectivity index (χ3n) is 3.13. The Morgan fingerprint density at radius 1 is 1.40 bits per heavy atom. The van der Waals surface area contributed by atoms with Gasteiger partial charge in [-0.3, -0.25) is 0 Å². The molecule has 1 aromatic heterocycles. The molecular weight excluding hydrogens is 328 g/mol. The molecule has 0 fully saturated rings. The molecule has 2 rings (SSSR count). The summed E-state index contributed by atoms with van der Waals surface area (Å²) in [4.78, 5) is 4.27. The van der Waals surface area contributed by atoms with Gasteiger partial charge in [0.25, 0.3) is 0 Å². The second-order valence-electron chi connectivity index (χ2n) is 4.61. The van der Waals surface area contributed by atoms with Crippen molar-refractivity contribution in [3.8, 4) is 0 Å². The molecule has 0 radical (unpaired) electrons. The average molecular weight is 344 g/mol. The normalized spacial score (nSPS) is 12.7. The van der Waals surface area contributed by atoms with Gasteiger partial charge < -0.3 is 10.3 Å². The molecule has 0 aliphatic rings. The van der Waals surface area contributed by atoms with Crippen LogP contribution >= 0.6 is 15.9 Å². The fourth-order valence-electron chi connectivity index (χ4n) is 2.11. The monoisotopic (exact) mass is 343 g/mol. The Bertz CT molecular complexity index is 598. The van der Waals surface area contributed by atoms with Crippen LogP contribution in [0.25, 0.3) is 0 Å². The van der Waals surface area contributed by atoms with Gasteiger partial charge in [-0.2, -0.15) is 0 Å². The Balaban J connectivity index is 2.22. The highest BCUT2D eigenvalue weighted by molar-refractivity contribution is 9.10. The number of aryl methyl sites for hydroxylation is 1. The first-order chi connectivity index (χ1) is 9.54. The molecule has 2 aromatic rings. The molecule has 6 heteroatoms. The lowest BCUT2D eigenvalue weighted by atomic mass is 10.0. The largest absolute Gasteiger partial charge is 0.335 e. The summed E-state index contributed by atoms with van der Waals surface area (Å²) in [6.45, 7) is 2.94. The Labute approximate surface area is 124 Å². The van der Waals surface area contributed by atoms with Crippen LogP contribution in [0.15, 0.2) is 29.0 Å². The van der Waals surface area contributed by atoms with E-state index in [4.69, 9.17) is 5.73 Å². The lowest BCUT2D eigenvalue weighted by Crippen LogP contribution is -2.17. The van der Waals surface area contributed by atoms with Crippen LogP contribution in [-0.2, 0) is 13.0 Å². The van der Waals surface area contributed by atoms with Gasteiger partial charge in [-0.25, -0.2) is 13.8 Å². The zero-order chi connectivity index (χ0) is 14.7. The van der Waals surface area contributed by atoms with Crippen molar-refractivity contribution in [3.05, 3.63) is 52.0 Å². The summed E-state index contributed by atoms with van der Waals surface area (Å²) in [6.07, 6.45) is 5.08. The predicted molar refractivity (Wildman–Crippen MR) is 77.2 cm³/mol. The first-order valence-electron chi connectivity index (χ1n) is 6.43. The first kappa shape index (κ1) is 15.1. The molecule has 0 amide bonds. The smallest absolute Gasteiger partial charge is 0.173 e. The maximum atomic E-state index is 13.5. The van der Waals surface area contributed by atoms with Gasteiger partial charge in [0.05, 0.1) is 4.47 Å². The van der Waals surface area contributed by atoms with Crippen LogP contribution in [0.4, 0.5) is 8.78 Å². The van der Waals surface area contributed by atoms with Crippen LogP contribution in [-0.4, -0.2) is 9.55 Å². The predicted octanol–water partition coefficient (Wildman–Crippen LogP) is 3.58. The number of nitrogens with two attached hydrogens (primary N) is 1. The van der Waals surface area contributed by atoms with E-state index in [1.165, 1.54) is 6.07 Å². The van der Waals surface area contributed by atoms with Crippen molar-refractivity contribution in [3.63, 3.8) is 0 Å². The molecule has 20 heavy (non-hydrogen) atoms. The quantitative estimate of drug-likeness (QED) is 0.843. The van der Waals surface area contributed by atoms with E-state index in [1.807, 2.05) is 10.8 Å². The second-order valence-corrected chi connectivity index (χ2v) is 5.41. The van der Waals surface area contributed by atoms with E-state index in [0.717, 1.165) is 24.9 Å². The van der Waals surface area contributed by atoms with Crippen LogP contribution < -0.4 is 5.73 Å². The number of rotatable bonds is 5. The van der Waals surface area contributed by atoms with Crippen LogP contribution in [0, 0.1) is 11.6 Å². The second kappa shape index (κ2) is 6.45. The number of benzene rings is 1. The number of hydrogen-bond donors (Lipinski definition) is 1. The standard InChI is InChI=1S/C14H16BrF2N3/c1-2-6-20-7-5-19-12(20)8-11(18)9-3-4-10(16)14(17)13(9)15/h3-5,7,11H,2,6,8,18H2,1H3. The molecule has 1 aromatic carbocycles. The topological polar surface area (TPSA) is 43.8 Å². The molecule has 3 nitrogen and oxygen atoms in total. The number of hydrogen-bond acceptors (Lipinski definition) is 2. The van der Waals surface area contributed by atoms with Crippen LogP contribution in [0.2, 0.25) is 0 Å². The average Bonchev–Trinajstić information content (AvgIpc) is 2.84. The van der Waals surface area contributed by atoms with E-state index in [-0.39, 0.29) is 4.47 Å². The molecule has 1 unspecified atom stereocenters. The molecular formula is C14H16BrF2N3. The van der Waals surface area contributed by atoms with E-state index in [0.29, 0.717) is 12.0 Å². The van der Waals surface area contributed by atoms with Crippen LogP contribution in [0.3, 0.4) is 0 Å². The van der Waals surface area contributed by atoms with Crippen molar-refractivity contribution in [2.45, 2.75) is 32.4 Å². The van der Waals surface area contributed by atoms with Crippen molar-refractivity contribution in [2.75, 3.05) is 0 Å². The lowest BCUT2D eigenvalue weighted by molar-refractivity contribution is 0.499. The Hall–Kier alpha value is -1.27. The van der Waals surface area contributed by atoms with E-state index in [2.05, 4.69) is 27.8 Å². The van der Waals surface area contributed by atoms with E-state index in [9.17, 15) is 8.78 Å². The zero-order valence-electron chi connectivity index (χ0n) is 11.1. The van der Waals surface area contributed by atoms with Crippen molar-refractivity contribution in [1.82, 2.24) is 9.55 Å². The van der Waals surface area contributed by atoms with Gasteiger partial charge in [-0.1, -0.05) is 13.0 Å². The minimum atomic E-state index is -0.908. The number of nitrogens with zero attached hydrogens (tertiary/aromatic N) is 2.